The Hall–Kier alpha value is -3.20. The van der Waals surface area contributed by atoms with E-state index in [0.29, 0.717) is 16.3 Å². The number of benzene rings is 1. The number of aryl methyl sites for hydroxylation is 1. The molecule has 0 aliphatic carbocycles. The van der Waals surface area contributed by atoms with Crippen molar-refractivity contribution in [3.8, 4) is 16.3 Å². The minimum atomic E-state index is -0.491. The number of nitrogens with one attached hydrogen (secondary N) is 2. The molecular formula is C18H19N5O3S. The van der Waals surface area contributed by atoms with Crippen LogP contribution in [-0.4, -0.2) is 32.7 Å². The van der Waals surface area contributed by atoms with Gasteiger partial charge in [0.1, 0.15) is 16.5 Å². The highest BCUT2D eigenvalue weighted by atomic mass is 32.1. The third-order valence-electron chi connectivity index (χ3n) is 3.47. The van der Waals surface area contributed by atoms with Gasteiger partial charge in [-0.05, 0) is 38.1 Å². The number of hydrogen-bond donors (Lipinski definition) is 2. The fourth-order valence-electron chi connectivity index (χ4n) is 2.25. The van der Waals surface area contributed by atoms with Crippen LogP contribution in [0.5, 0.6) is 5.75 Å². The van der Waals surface area contributed by atoms with Crippen LogP contribution in [0.15, 0.2) is 42.0 Å². The first-order chi connectivity index (χ1) is 12.9. The van der Waals surface area contributed by atoms with Crippen molar-refractivity contribution in [1.29, 1.82) is 0 Å². The Labute approximate surface area is 160 Å². The second-order valence-electron chi connectivity index (χ2n) is 6.04. The molecule has 2 aromatic heterocycles. The van der Waals surface area contributed by atoms with E-state index in [1.807, 2.05) is 27.1 Å². The molecule has 0 saturated carbocycles. The maximum Gasteiger partial charge on any atom is 0.289 e. The zero-order valence-corrected chi connectivity index (χ0v) is 15.9. The fraction of sp³-hybridized carbons (Fsp3) is 0.222. The van der Waals surface area contributed by atoms with Crippen molar-refractivity contribution in [2.75, 3.05) is 0 Å². The van der Waals surface area contributed by atoms with Crippen molar-refractivity contribution in [1.82, 2.24) is 25.6 Å². The molecule has 3 aromatic rings. The first-order valence-electron chi connectivity index (χ1n) is 8.24. The molecule has 9 heteroatoms. The predicted octanol–water partition coefficient (Wildman–Crippen LogP) is 2.41. The summed E-state index contributed by atoms with van der Waals surface area (Å²) in [5.74, 6) is -0.243. The lowest BCUT2D eigenvalue weighted by atomic mass is 10.2. The number of thiazole rings is 1. The SMILES string of the molecule is CC(C)Oc1ccc(C(=O)NNC(=O)c2csc(-c3cnn(C)c3)n2)cc1. The number of carbonyl (C=O) groups is 2. The molecular weight excluding hydrogens is 366 g/mol. The molecule has 0 radical (unpaired) electrons. The smallest absolute Gasteiger partial charge is 0.289 e. The van der Waals surface area contributed by atoms with E-state index in [1.165, 1.54) is 11.3 Å². The summed E-state index contributed by atoms with van der Waals surface area (Å²) in [4.78, 5) is 28.6. The maximum absolute atomic E-state index is 12.2. The summed E-state index contributed by atoms with van der Waals surface area (Å²) in [6.45, 7) is 3.85. The normalized spacial score (nSPS) is 10.7. The quantitative estimate of drug-likeness (QED) is 0.657. The van der Waals surface area contributed by atoms with Crippen LogP contribution < -0.4 is 15.6 Å². The van der Waals surface area contributed by atoms with Crippen LogP contribution in [0.25, 0.3) is 10.6 Å². The molecule has 2 N–H and O–H groups in total. The average molecular weight is 385 g/mol. The van der Waals surface area contributed by atoms with Crippen LogP contribution in [0.1, 0.15) is 34.7 Å². The Bertz CT molecular complexity index is 946. The summed E-state index contributed by atoms with van der Waals surface area (Å²) in [7, 11) is 1.81. The van der Waals surface area contributed by atoms with Gasteiger partial charge in [-0.25, -0.2) is 4.98 Å². The molecule has 0 atom stereocenters. The van der Waals surface area contributed by atoms with Crippen LogP contribution in [0.4, 0.5) is 0 Å². The zero-order chi connectivity index (χ0) is 19.4. The minimum absolute atomic E-state index is 0.0543. The topological polar surface area (TPSA) is 98.1 Å². The second-order valence-corrected chi connectivity index (χ2v) is 6.90. The van der Waals surface area contributed by atoms with Gasteiger partial charge in [0, 0.05) is 29.8 Å². The van der Waals surface area contributed by atoms with E-state index >= 15 is 0 Å². The average Bonchev–Trinajstić information content (AvgIpc) is 3.28. The van der Waals surface area contributed by atoms with Crippen molar-refractivity contribution >= 4 is 23.2 Å². The van der Waals surface area contributed by atoms with E-state index in [2.05, 4.69) is 20.9 Å². The number of amides is 2. The van der Waals surface area contributed by atoms with Gasteiger partial charge in [0.05, 0.1) is 12.3 Å². The molecule has 1 aromatic carbocycles. The van der Waals surface area contributed by atoms with Gasteiger partial charge in [0.2, 0.25) is 0 Å². The van der Waals surface area contributed by atoms with Crippen LogP contribution in [-0.2, 0) is 7.05 Å². The lowest BCUT2D eigenvalue weighted by Crippen LogP contribution is -2.41. The van der Waals surface area contributed by atoms with Gasteiger partial charge < -0.3 is 4.74 Å². The Morgan fingerprint density at radius 2 is 1.85 bits per heavy atom. The molecule has 2 amide bonds. The summed E-state index contributed by atoms with van der Waals surface area (Å²) < 4.78 is 7.19. The molecule has 8 nitrogen and oxygen atoms in total. The summed E-state index contributed by atoms with van der Waals surface area (Å²) >= 11 is 1.33. The molecule has 0 unspecified atom stereocenters. The number of nitrogens with zero attached hydrogens (tertiary/aromatic N) is 3. The molecule has 0 bridgehead atoms. The Kier molecular flexibility index (Phi) is 5.51. The molecule has 27 heavy (non-hydrogen) atoms. The van der Waals surface area contributed by atoms with Crippen LogP contribution in [0, 0.1) is 0 Å². The van der Waals surface area contributed by atoms with E-state index in [9.17, 15) is 9.59 Å². The number of aromatic nitrogens is 3. The predicted molar refractivity (Wildman–Crippen MR) is 101 cm³/mol. The van der Waals surface area contributed by atoms with Gasteiger partial charge in [-0.3, -0.25) is 25.1 Å². The summed E-state index contributed by atoms with van der Waals surface area (Å²) in [5.41, 5.74) is 6.20. The molecule has 0 fully saturated rings. The molecule has 0 aliphatic heterocycles. The van der Waals surface area contributed by atoms with Crippen molar-refractivity contribution in [2.45, 2.75) is 20.0 Å². The first-order valence-corrected chi connectivity index (χ1v) is 9.12. The van der Waals surface area contributed by atoms with E-state index in [0.717, 1.165) is 5.56 Å². The molecule has 3 rings (SSSR count). The number of hydrazine groups is 1. The van der Waals surface area contributed by atoms with E-state index in [4.69, 9.17) is 4.74 Å². The van der Waals surface area contributed by atoms with Gasteiger partial charge in [-0.15, -0.1) is 11.3 Å². The van der Waals surface area contributed by atoms with Gasteiger partial charge in [-0.2, -0.15) is 5.10 Å². The third-order valence-corrected chi connectivity index (χ3v) is 4.36. The second kappa shape index (κ2) is 8.00. The molecule has 2 heterocycles. The van der Waals surface area contributed by atoms with Crippen molar-refractivity contribution in [3.05, 3.63) is 53.3 Å². The number of ether oxygens (including phenoxy) is 1. The monoisotopic (exact) mass is 385 g/mol. The first kappa shape index (κ1) is 18.6. The van der Waals surface area contributed by atoms with Crippen LogP contribution >= 0.6 is 11.3 Å². The van der Waals surface area contributed by atoms with E-state index in [-0.39, 0.29) is 11.8 Å². The maximum atomic E-state index is 12.2. The highest BCUT2D eigenvalue weighted by molar-refractivity contribution is 7.13. The van der Waals surface area contributed by atoms with Gasteiger partial charge >= 0.3 is 0 Å². The van der Waals surface area contributed by atoms with E-state index < -0.39 is 11.8 Å². The largest absolute Gasteiger partial charge is 0.491 e. The highest BCUT2D eigenvalue weighted by Gasteiger charge is 2.14. The van der Waals surface area contributed by atoms with Gasteiger partial charge in [0.25, 0.3) is 11.8 Å². The standard InChI is InChI=1S/C18H19N5O3S/c1-11(2)26-14-6-4-12(5-7-14)16(24)21-22-17(25)15-10-27-18(20-15)13-8-19-23(3)9-13/h4-11H,1-3H3,(H,21,24)(H,22,25). The van der Waals surface area contributed by atoms with Crippen LogP contribution in [0.2, 0.25) is 0 Å². The lowest BCUT2D eigenvalue weighted by Gasteiger charge is -2.10. The molecule has 0 aliphatic rings. The summed E-state index contributed by atoms with van der Waals surface area (Å²) in [6, 6.07) is 6.67. The van der Waals surface area contributed by atoms with Gasteiger partial charge in [0.15, 0.2) is 0 Å². The van der Waals surface area contributed by atoms with E-state index in [1.54, 1.807) is 40.5 Å². The molecule has 140 valence electrons. The lowest BCUT2D eigenvalue weighted by molar-refractivity contribution is 0.0844. The highest BCUT2D eigenvalue weighted by Crippen LogP contribution is 2.22. The Balaban J connectivity index is 1.57. The minimum Gasteiger partial charge on any atom is -0.491 e. The third kappa shape index (κ3) is 4.70. The van der Waals surface area contributed by atoms with Crippen molar-refractivity contribution in [3.63, 3.8) is 0 Å². The van der Waals surface area contributed by atoms with Crippen LogP contribution in [0.3, 0.4) is 0 Å². The number of hydrogen-bond acceptors (Lipinski definition) is 6. The van der Waals surface area contributed by atoms with Gasteiger partial charge in [-0.1, -0.05) is 0 Å². The van der Waals surface area contributed by atoms with Crippen molar-refractivity contribution < 1.29 is 14.3 Å². The summed E-state index contributed by atoms with van der Waals surface area (Å²) in [5, 5.41) is 6.39. The Morgan fingerprint density at radius 3 is 2.48 bits per heavy atom. The zero-order valence-electron chi connectivity index (χ0n) is 15.1. The summed E-state index contributed by atoms with van der Waals surface area (Å²) in [6.07, 6.45) is 3.54. The molecule has 0 spiro atoms. The molecule has 0 saturated heterocycles. The number of carbonyl (C=O) groups excluding carboxylic acids is 2. The number of rotatable bonds is 5. The fourth-order valence-corrected chi connectivity index (χ4v) is 3.02. The Morgan fingerprint density at radius 1 is 1.15 bits per heavy atom. The van der Waals surface area contributed by atoms with Crippen molar-refractivity contribution in [2.24, 2.45) is 7.05 Å².